The van der Waals surface area contributed by atoms with Gasteiger partial charge in [0.15, 0.2) is 5.96 Å². The van der Waals surface area contributed by atoms with Crippen molar-refractivity contribution in [1.29, 1.82) is 0 Å². The molecule has 6 heteroatoms. The molecule has 122 valence electrons. The Labute approximate surface area is 146 Å². The van der Waals surface area contributed by atoms with E-state index in [1.54, 1.807) is 0 Å². The van der Waals surface area contributed by atoms with Crippen LogP contribution in [-0.2, 0) is 6.54 Å². The molecule has 2 N–H and O–H groups in total. The van der Waals surface area contributed by atoms with E-state index in [0.29, 0.717) is 0 Å². The number of aromatic nitrogens is 2. The average molecular weight is 407 g/mol. The minimum absolute atomic E-state index is 0. The summed E-state index contributed by atoms with van der Waals surface area (Å²) in [7, 11) is 1.82. The molecule has 1 aromatic rings. The van der Waals surface area contributed by atoms with Crippen molar-refractivity contribution >= 4 is 29.9 Å². The molecule has 0 saturated heterocycles. The summed E-state index contributed by atoms with van der Waals surface area (Å²) in [6.45, 7) is 9.36. The fourth-order valence-corrected chi connectivity index (χ4v) is 2.08. The molecule has 21 heavy (non-hydrogen) atoms. The fourth-order valence-electron chi connectivity index (χ4n) is 2.08. The van der Waals surface area contributed by atoms with Crippen molar-refractivity contribution in [2.24, 2.45) is 10.9 Å². The van der Waals surface area contributed by atoms with Crippen LogP contribution in [0.4, 0.5) is 0 Å². The van der Waals surface area contributed by atoms with Gasteiger partial charge >= 0.3 is 0 Å². The predicted octanol–water partition coefficient (Wildman–Crippen LogP) is 2.80. The Hall–Kier alpha value is -0.790. The van der Waals surface area contributed by atoms with Gasteiger partial charge in [-0.25, -0.2) is 0 Å². The summed E-state index contributed by atoms with van der Waals surface area (Å²) >= 11 is 0. The largest absolute Gasteiger partial charge is 0.356 e. The number of rotatable bonds is 8. The number of nitrogens with zero attached hydrogens (tertiary/aromatic N) is 3. The Morgan fingerprint density at radius 3 is 2.57 bits per heavy atom. The predicted molar refractivity (Wildman–Crippen MR) is 100 cm³/mol. The zero-order valence-electron chi connectivity index (χ0n) is 13.7. The van der Waals surface area contributed by atoms with Gasteiger partial charge in [0.25, 0.3) is 0 Å². The van der Waals surface area contributed by atoms with Crippen LogP contribution in [0.25, 0.3) is 0 Å². The van der Waals surface area contributed by atoms with Gasteiger partial charge in [0, 0.05) is 32.9 Å². The average Bonchev–Trinajstić information content (AvgIpc) is 2.87. The molecule has 0 radical (unpaired) electrons. The van der Waals surface area contributed by atoms with Crippen LogP contribution >= 0.6 is 24.0 Å². The molecule has 0 aliphatic rings. The summed E-state index contributed by atoms with van der Waals surface area (Å²) < 4.78 is 1.98. The standard InChI is InChI=1S/C15H29N5.HI/c1-5-14(6-2)11-18-15(16-4)17-8-7-9-20-12-13(3)10-19-20;/h10,12,14H,5-9,11H2,1-4H3,(H2,16,17,18);1H. The van der Waals surface area contributed by atoms with Crippen LogP contribution in [0.3, 0.4) is 0 Å². The van der Waals surface area contributed by atoms with Crippen molar-refractivity contribution in [3.8, 4) is 0 Å². The molecule has 1 aromatic heterocycles. The Morgan fingerprint density at radius 2 is 2.05 bits per heavy atom. The highest BCUT2D eigenvalue weighted by Gasteiger charge is 2.04. The van der Waals surface area contributed by atoms with Crippen molar-refractivity contribution in [3.05, 3.63) is 18.0 Å². The molecule has 0 amide bonds. The van der Waals surface area contributed by atoms with E-state index in [-0.39, 0.29) is 24.0 Å². The van der Waals surface area contributed by atoms with Gasteiger partial charge in [-0.3, -0.25) is 9.67 Å². The van der Waals surface area contributed by atoms with Crippen molar-refractivity contribution in [1.82, 2.24) is 20.4 Å². The smallest absolute Gasteiger partial charge is 0.190 e. The zero-order chi connectivity index (χ0) is 14.8. The highest BCUT2D eigenvalue weighted by molar-refractivity contribution is 14.0. The van der Waals surface area contributed by atoms with E-state index in [0.717, 1.165) is 37.9 Å². The topological polar surface area (TPSA) is 54.2 Å². The lowest BCUT2D eigenvalue weighted by molar-refractivity contribution is 0.480. The third-order valence-corrected chi connectivity index (χ3v) is 3.56. The number of guanidine groups is 1. The molecule has 0 unspecified atom stereocenters. The van der Waals surface area contributed by atoms with Gasteiger partial charge in [-0.15, -0.1) is 24.0 Å². The van der Waals surface area contributed by atoms with Gasteiger partial charge in [0.1, 0.15) is 0 Å². The zero-order valence-corrected chi connectivity index (χ0v) is 16.1. The van der Waals surface area contributed by atoms with E-state index in [1.165, 1.54) is 18.4 Å². The molecule has 0 fully saturated rings. The first-order chi connectivity index (χ1) is 9.69. The highest BCUT2D eigenvalue weighted by Crippen LogP contribution is 2.04. The van der Waals surface area contributed by atoms with Gasteiger partial charge < -0.3 is 10.6 Å². The van der Waals surface area contributed by atoms with Crippen molar-refractivity contribution < 1.29 is 0 Å². The summed E-state index contributed by atoms with van der Waals surface area (Å²) in [4.78, 5) is 4.25. The number of halogens is 1. The molecule has 0 bridgehead atoms. The minimum atomic E-state index is 0. The van der Waals surface area contributed by atoms with Crippen LogP contribution in [0.15, 0.2) is 17.4 Å². The summed E-state index contributed by atoms with van der Waals surface area (Å²) in [6.07, 6.45) is 7.41. The summed E-state index contributed by atoms with van der Waals surface area (Å²) in [5.41, 5.74) is 1.21. The molecular weight excluding hydrogens is 377 g/mol. The monoisotopic (exact) mass is 407 g/mol. The van der Waals surface area contributed by atoms with Crippen LogP contribution in [-0.4, -0.2) is 35.9 Å². The van der Waals surface area contributed by atoms with Crippen LogP contribution in [0, 0.1) is 12.8 Å². The molecular formula is C15H30IN5. The Morgan fingerprint density at radius 1 is 1.33 bits per heavy atom. The normalized spacial score (nSPS) is 11.4. The lowest BCUT2D eigenvalue weighted by atomic mass is 10.0. The summed E-state index contributed by atoms with van der Waals surface area (Å²) in [5, 5.41) is 11.0. The fraction of sp³-hybridized carbons (Fsp3) is 0.733. The molecule has 0 aliphatic heterocycles. The quantitative estimate of drug-likeness (QED) is 0.302. The van der Waals surface area contributed by atoms with Crippen molar-refractivity contribution in [2.75, 3.05) is 20.1 Å². The SMILES string of the molecule is CCC(CC)CNC(=NC)NCCCn1cc(C)cn1.I. The first-order valence-corrected chi connectivity index (χ1v) is 7.63. The summed E-state index contributed by atoms with van der Waals surface area (Å²) in [5.74, 6) is 1.62. The molecule has 0 aliphatic carbocycles. The van der Waals surface area contributed by atoms with E-state index in [2.05, 4.69) is 47.7 Å². The first kappa shape index (κ1) is 20.2. The Bertz CT molecular complexity index is 399. The van der Waals surface area contributed by atoms with Gasteiger partial charge in [-0.05, 0) is 24.8 Å². The van der Waals surface area contributed by atoms with Gasteiger partial charge in [-0.1, -0.05) is 26.7 Å². The minimum Gasteiger partial charge on any atom is -0.356 e. The molecule has 1 rings (SSSR count). The van der Waals surface area contributed by atoms with Gasteiger partial charge in [0.05, 0.1) is 6.20 Å². The van der Waals surface area contributed by atoms with Crippen molar-refractivity contribution in [2.45, 2.75) is 46.6 Å². The molecule has 0 saturated carbocycles. The maximum absolute atomic E-state index is 4.28. The van der Waals surface area contributed by atoms with E-state index in [4.69, 9.17) is 0 Å². The van der Waals surface area contributed by atoms with Crippen molar-refractivity contribution in [3.63, 3.8) is 0 Å². The molecule has 5 nitrogen and oxygen atoms in total. The van der Waals surface area contributed by atoms with Crippen LogP contribution < -0.4 is 10.6 Å². The maximum Gasteiger partial charge on any atom is 0.190 e. The van der Waals surface area contributed by atoms with Gasteiger partial charge in [-0.2, -0.15) is 5.10 Å². The summed E-state index contributed by atoms with van der Waals surface area (Å²) in [6, 6.07) is 0. The number of hydrogen-bond donors (Lipinski definition) is 2. The van der Waals surface area contributed by atoms with Crippen LogP contribution in [0.5, 0.6) is 0 Å². The molecule has 0 atom stereocenters. The number of nitrogens with one attached hydrogen (secondary N) is 2. The third kappa shape index (κ3) is 8.28. The second kappa shape index (κ2) is 11.8. The Kier molecular flexibility index (Phi) is 11.4. The molecule has 1 heterocycles. The number of aryl methyl sites for hydroxylation is 2. The van der Waals surface area contributed by atoms with E-state index >= 15 is 0 Å². The van der Waals surface area contributed by atoms with E-state index in [1.807, 2.05) is 17.9 Å². The second-order valence-corrected chi connectivity index (χ2v) is 5.20. The van der Waals surface area contributed by atoms with E-state index < -0.39 is 0 Å². The Balaban J connectivity index is 0.00000400. The first-order valence-electron chi connectivity index (χ1n) is 7.63. The highest BCUT2D eigenvalue weighted by atomic mass is 127. The van der Waals surface area contributed by atoms with E-state index in [9.17, 15) is 0 Å². The second-order valence-electron chi connectivity index (χ2n) is 5.20. The van der Waals surface area contributed by atoms with Crippen LogP contribution in [0.1, 0.15) is 38.7 Å². The lowest BCUT2D eigenvalue weighted by Gasteiger charge is -2.16. The third-order valence-electron chi connectivity index (χ3n) is 3.56. The van der Waals surface area contributed by atoms with Crippen LogP contribution in [0.2, 0.25) is 0 Å². The number of hydrogen-bond acceptors (Lipinski definition) is 2. The van der Waals surface area contributed by atoms with Gasteiger partial charge in [0.2, 0.25) is 0 Å². The molecule has 0 spiro atoms. The number of aliphatic imine (C=N–C) groups is 1. The lowest BCUT2D eigenvalue weighted by Crippen LogP contribution is -2.40. The molecule has 0 aromatic carbocycles. The maximum atomic E-state index is 4.28.